The number of fused-ring (bicyclic) bond motifs is 1. The van der Waals surface area contributed by atoms with Gasteiger partial charge in [-0.05, 0) is 24.6 Å². The van der Waals surface area contributed by atoms with Crippen molar-refractivity contribution in [3.05, 3.63) is 47.7 Å². The number of hydrogen-bond acceptors (Lipinski definition) is 6. The van der Waals surface area contributed by atoms with E-state index in [4.69, 9.17) is 4.52 Å². The molecule has 1 aliphatic heterocycles. The van der Waals surface area contributed by atoms with Crippen LogP contribution in [0.1, 0.15) is 11.3 Å². The molecule has 3 heterocycles. The summed E-state index contributed by atoms with van der Waals surface area (Å²) >= 11 is 0. The number of halogens is 1. The second kappa shape index (κ2) is 6.16. The molecule has 4 rings (SSSR count). The number of benzene rings is 1. The molecule has 0 N–H and O–H groups in total. The average Bonchev–Trinajstić information content (AvgIpc) is 2.98. The van der Waals surface area contributed by atoms with Gasteiger partial charge in [-0.15, -0.1) is 0 Å². The standard InChI is InChI=1S/C17H18FN5O/c1-12-9-19-17(20-10-12)23-6-4-22(5-7-23)11-15-14-3-2-13(18)8-16(14)24-21-15/h2-3,8-10H,4-7,11H2,1H3. The first-order chi connectivity index (χ1) is 11.7. The van der Waals surface area contributed by atoms with E-state index in [9.17, 15) is 4.39 Å². The van der Waals surface area contributed by atoms with Gasteiger partial charge in [0.05, 0.1) is 0 Å². The lowest BCUT2D eigenvalue weighted by Crippen LogP contribution is -2.46. The first kappa shape index (κ1) is 15.0. The number of aromatic nitrogens is 3. The fraction of sp³-hybridized carbons (Fsp3) is 0.353. The monoisotopic (exact) mass is 327 g/mol. The van der Waals surface area contributed by atoms with Crippen LogP contribution in [0.4, 0.5) is 10.3 Å². The lowest BCUT2D eigenvalue weighted by atomic mass is 10.2. The largest absolute Gasteiger partial charge is 0.356 e. The lowest BCUT2D eigenvalue weighted by molar-refractivity contribution is 0.242. The molecule has 0 aliphatic carbocycles. The van der Waals surface area contributed by atoms with E-state index in [1.54, 1.807) is 6.07 Å². The summed E-state index contributed by atoms with van der Waals surface area (Å²) in [5.74, 6) is 0.472. The molecular formula is C17H18FN5O. The molecule has 1 aliphatic rings. The third-order valence-electron chi connectivity index (χ3n) is 4.30. The Morgan fingerprint density at radius 1 is 1.12 bits per heavy atom. The van der Waals surface area contributed by atoms with Gasteiger partial charge in [0, 0.05) is 56.6 Å². The first-order valence-corrected chi connectivity index (χ1v) is 7.99. The van der Waals surface area contributed by atoms with Crippen molar-refractivity contribution in [3.63, 3.8) is 0 Å². The van der Waals surface area contributed by atoms with Crippen molar-refractivity contribution in [2.75, 3.05) is 31.1 Å². The molecule has 1 aromatic carbocycles. The smallest absolute Gasteiger partial charge is 0.225 e. The summed E-state index contributed by atoms with van der Waals surface area (Å²) in [5, 5.41) is 4.97. The van der Waals surface area contributed by atoms with Crippen LogP contribution >= 0.6 is 0 Å². The fourth-order valence-corrected chi connectivity index (χ4v) is 2.94. The molecule has 7 heteroatoms. The summed E-state index contributed by atoms with van der Waals surface area (Å²) in [5.41, 5.74) is 2.41. The number of anilines is 1. The molecule has 1 fully saturated rings. The van der Waals surface area contributed by atoms with Crippen LogP contribution in [-0.2, 0) is 6.54 Å². The predicted octanol–water partition coefficient (Wildman–Crippen LogP) is 2.39. The molecule has 0 radical (unpaired) electrons. The second-order valence-electron chi connectivity index (χ2n) is 6.09. The van der Waals surface area contributed by atoms with E-state index in [-0.39, 0.29) is 5.82 Å². The third kappa shape index (κ3) is 2.94. The predicted molar refractivity (Wildman–Crippen MR) is 88.2 cm³/mol. The molecule has 24 heavy (non-hydrogen) atoms. The Kier molecular flexibility index (Phi) is 3.86. The van der Waals surface area contributed by atoms with Crippen LogP contribution in [0.25, 0.3) is 11.0 Å². The Bertz CT molecular complexity index is 840. The van der Waals surface area contributed by atoms with Gasteiger partial charge < -0.3 is 9.42 Å². The summed E-state index contributed by atoms with van der Waals surface area (Å²) in [4.78, 5) is 13.3. The zero-order chi connectivity index (χ0) is 16.5. The van der Waals surface area contributed by atoms with Crippen molar-refractivity contribution < 1.29 is 8.91 Å². The quantitative estimate of drug-likeness (QED) is 0.736. The van der Waals surface area contributed by atoms with Crippen LogP contribution in [0.15, 0.2) is 35.1 Å². The maximum absolute atomic E-state index is 13.2. The number of nitrogens with zero attached hydrogens (tertiary/aromatic N) is 5. The van der Waals surface area contributed by atoms with Gasteiger partial charge in [-0.25, -0.2) is 14.4 Å². The van der Waals surface area contributed by atoms with Crippen LogP contribution in [0.2, 0.25) is 0 Å². The Morgan fingerprint density at radius 3 is 2.62 bits per heavy atom. The minimum Gasteiger partial charge on any atom is -0.356 e. The Hall–Kier alpha value is -2.54. The van der Waals surface area contributed by atoms with Crippen molar-refractivity contribution in [2.24, 2.45) is 0 Å². The Morgan fingerprint density at radius 2 is 1.88 bits per heavy atom. The number of hydrogen-bond donors (Lipinski definition) is 0. The summed E-state index contributed by atoms with van der Waals surface area (Å²) in [6.07, 6.45) is 3.69. The van der Waals surface area contributed by atoms with Crippen LogP contribution in [0, 0.1) is 12.7 Å². The van der Waals surface area contributed by atoms with E-state index < -0.39 is 0 Å². The van der Waals surface area contributed by atoms with Crippen LogP contribution < -0.4 is 4.90 Å². The molecule has 6 nitrogen and oxygen atoms in total. The van der Waals surface area contributed by atoms with E-state index in [0.29, 0.717) is 12.1 Å². The highest BCUT2D eigenvalue weighted by atomic mass is 19.1. The number of rotatable bonds is 3. The maximum atomic E-state index is 13.2. The highest BCUT2D eigenvalue weighted by Gasteiger charge is 2.21. The molecule has 124 valence electrons. The van der Waals surface area contributed by atoms with Gasteiger partial charge in [0.2, 0.25) is 5.95 Å². The molecule has 0 atom stereocenters. The van der Waals surface area contributed by atoms with Crippen molar-refractivity contribution in [2.45, 2.75) is 13.5 Å². The van der Waals surface area contributed by atoms with Gasteiger partial charge >= 0.3 is 0 Å². The minimum atomic E-state index is -0.308. The molecule has 0 spiro atoms. The highest BCUT2D eigenvalue weighted by Crippen LogP contribution is 2.21. The normalized spacial score (nSPS) is 16.0. The van der Waals surface area contributed by atoms with Gasteiger partial charge in [0.15, 0.2) is 5.58 Å². The topological polar surface area (TPSA) is 58.3 Å². The summed E-state index contributed by atoms with van der Waals surface area (Å²) < 4.78 is 18.4. The molecular weight excluding hydrogens is 309 g/mol. The van der Waals surface area contributed by atoms with Crippen molar-refractivity contribution in [1.29, 1.82) is 0 Å². The minimum absolute atomic E-state index is 0.308. The van der Waals surface area contributed by atoms with E-state index in [1.165, 1.54) is 12.1 Å². The van der Waals surface area contributed by atoms with Crippen LogP contribution in [0.3, 0.4) is 0 Å². The van der Waals surface area contributed by atoms with E-state index >= 15 is 0 Å². The maximum Gasteiger partial charge on any atom is 0.225 e. The molecule has 2 aromatic heterocycles. The van der Waals surface area contributed by atoms with Crippen molar-refractivity contribution in [3.8, 4) is 0 Å². The van der Waals surface area contributed by atoms with Crippen molar-refractivity contribution in [1.82, 2.24) is 20.0 Å². The third-order valence-corrected chi connectivity index (χ3v) is 4.30. The molecule has 0 saturated carbocycles. The summed E-state index contributed by atoms with van der Waals surface area (Å²) in [7, 11) is 0. The summed E-state index contributed by atoms with van der Waals surface area (Å²) in [6, 6.07) is 4.54. The van der Waals surface area contributed by atoms with Gasteiger partial charge in [-0.2, -0.15) is 0 Å². The van der Waals surface area contributed by atoms with E-state index in [0.717, 1.165) is 48.8 Å². The Labute approximate surface area is 138 Å². The number of aryl methyl sites for hydroxylation is 1. The van der Waals surface area contributed by atoms with E-state index in [2.05, 4.69) is 24.9 Å². The molecule has 3 aromatic rings. The molecule has 0 unspecified atom stereocenters. The first-order valence-electron chi connectivity index (χ1n) is 7.99. The van der Waals surface area contributed by atoms with Crippen LogP contribution in [-0.4, -0.2) is 46.2 Å². The average molecular weight is 327 g/mol. The lowest BCUT2D eigenvalue weighted by Gasteiger charge is -2.34. The number of piperazine rings is 1. The highest BCUT2D eigenvalue weighted by molar-refractivity contribution is 5.79. The molecule has 1 saturated heterocycles. The van der Waals surface area contributed by atoms with Crippen molar-refractivity contribution >= 4 is 16.9 Å². The zero-order valence-corrected chi connectivity index (χ0v) is 13.4. The molecule has 0 amide bonds. The van der Waals surface area contributed by atoms with E-state index in [1.807, 2.05) is 19.3 Å². The van der Waals surface area contributed by atoms with Gasteiger partial charge in [0.25, 0.3) is 0 Å². The fourth-order valence-electron chi connectivity index (χ4n) is 2.94. The van der Waals surface area contributed by atoms with Gasteiger partial charge in [-0.1, -0.05) is 5.16 Å². The molecule has 0 bridgehead atoms. The SMILES string of the molecule is Cc1cnc(N2CCN(Cc3noc4cc(F)ccc34)CC2)nc1. The second-order valence-corrected chi connectivity index (χ2v) is 6.09. The Balaban J connectivity index is 1.41. The van der Waals surface area contributed by atoms with Gasteiger partial charge in [-0.3, -0.25) is 4.90 Å². The summed E-state index contributed by atoms with van der Waals surface area (Å²) in [6.45, 7) is 6.21. The van der Waals surface area contributed by atoms with Gasteiger partial charge in [0.1, 0.15) is 11.5 Å². The zero-order valence-electron chi connectivity index (χ0n) is 13.4. The van der Waals surface area contributed by atoms with Crippen LogP contribution in [0.5, 0.6) is 0 Å².